The quantitative estimate of drug-likeness (QED) is 0.856. The Labute approximate surface area is 101 Å². The lowest BCUT2D eigenvalue weighted by Crippen LogP contribution is -2.07. The highest BCUT2D eigenvalue weighted by atomic mass is 32.1. The van der Waals surface area contributed by atoms with Gasteiger partial charge in [-0.2, -0.15) is 4.98 Å². The van der Waals surface area contributed by atoms with Crippen LogP contribution in [0.15, 0.2) is 5.57 Å². The third-order valence-corrected chi connectivity index (χ3v) is 3.39. The summed E-state index contributed by atoms with van der Waals surface area (Å²) in [4.78, 5) is 7.39. The van der Waals surface area contributed by atoms with E-state index in [0.29, 0.717) is 12.4 Å². The van der Waals surface area contributed by atoms with Crippen molar-refractivity contribution in [1.29, 1.82) is 0 Å². The van der Waals surface area contributed by atoms with E-state index in [0.717, 1.165) is 16.4 Å². The van der Waals surface area contributed by atoms with E-state index in [9.17, 15) is 0 Å². The summed E-state index contributed by atoms with van der Waals surface area (Å²) < 4.78 is 5.25. The highest BCUT2D eigenvalue weighted by Crippen LogP contribution is 2.32. The topological polar surface area (TPSA) is 51.4 Å². The van der Waals surface area contributed by atoms with E-state index < -0.39 is 0 Å². The van der Waals surface area contributed by atoms with Gasteiger partial charge in [0.1, 0.15) is 0 Å². The molecule has 16 heavy (non-hydrogen) atoms. The van der Waals surface area contributed by atoms with Crippen LogP contribution < -0.4 is 15.4 Å². The maximum atomic E-state index is 5.65. The van der Waals surface area contributed by atoms with Crippen LogP contribution in [0, 0.1) is 0 Å². The molecule has 0 aliphatic heterocycles. The molecular weight excluding hydrogens is 222 g/mol. The van der Waals surface area contributed by atoms with Crippen LogP contribution in [-0.2, 0) is 0 Å². The van der Waals surface area contributed by atoms with Gasteiger partial charge in [-0.05, 0) is 12.5 Å². The van der Waals surface area contributed by atoms with Crippen molar-refractivity contribution in [2.24, 2.45) is 5.73 Å². The van der Waals surface area contributed by atoms with Crippen LogP contribution in [-0.4, -0.2) is 32.7 Å². The Balaban J connectivity index is 3.07. The monoisotopic (exact) mass is 241 g/mol. The van der Waals surface area contributed by atoms with Crippen LogP contribution in [0.4, 0.5) is 5.13 Å². The molecule has 1 aromatic rings. The zero-order chi connectivity index (χ0) is 12.1. The molecule has 90 valence electrons. The van der Waals surface area contributed by atoms with E-state index >= 15 is 0 Å². The second-order valence-corrected chi connectivity index (χ2v) is 4.63. The van der Waals surface area contributed by atoms with E-state index in [1.54, 1.807) is 18.4 Å². The number of nitrogens with two attached hydrogens (primary N) is 1. The standard InChI is InChI=1S/C11H19N3OS/c1-5-8(7-12)6-9-10(15-4)13-11(16-9)14(2)3/h6H,5,7,12H2,1-4H3. The smallest absolute Gasteiger partial charge is 0.233 e. The Bertz CT molecular complexity index is 365. The number of hydrogen-bond donors (Lipinski definition) is 1. The summed E-state index contributed by atoms with van der Waals surface area (Å²) in [6, 6.07) is 0. The molecule has 5 heteroatoms. The Morgan fingerprint density at radius 3 is 2.69 bits per heavy atom. The average Bonchev–Trinajstić information content (AvgIpc) is 2.69. The first-order valence-corrected chi connectivity index (χ1v) is 6.05. The van der Waals surface area contributed by atoms with E-state index in [-0.39, 0.29) is 0 Å². The van der Waals surface area contributed by atoms with E-state index in [4.69, 9.17) is 10.5 Å². The number of thiazole rings is 1. The SMILES string of the molecule is CCC(=Cc1sc(N(C)C)nc1OC)CN. The molecule has 0 amide bonds. The van der Waals surface area contributed by atoms with Crippen molar-refractivity contribution in [2.75, 3.05) is 32.6 Å². The molecule has 0 unspecified atom stereocenters. The summed E-state index contributed by atoms with van der Waals surface area (Å²) in [5.74, 6) is 0.674. The summed E-state index contributed by atoms with van der Waals surface area (Å²) in [5.41, 5.74) is 6.86. The summed E-state index contributed by atoms with van der Waals surface area (Å²) >= 11 is 1.61. The Morgan fingerprint density at radius 1 is 1.56 bits per heavy atom. The molecule has 0 aromatic carbocycles. The average molecular weight is 241 g/mol. The van der Waals surface area contributed by atoms with Gasteiger partial charge < -0.3 is 15.4 Å². The van der Waals surface area contributed by atoms with Crippen molar-refractivity contribution in [3.63, 3.8) is 0 Å². The molecule has 0 spiro atoms. The number of hydrogen-bond acceptors (Lipinski definition) is 5. The summed E-state index contributed by atoms with van der Waals surface area (Å²) in [7, 11) is 5.57. The molecule has 4 nitrogen and oxygen atoms in total. The van der Waals surface area contributed by atoms with E-state index in [2.05, 4.69) is 18.0 Å². The molecule has 0 fully saturated rings. The fourth-order valence-electron chi connectivity index (χ4n) is 1.23. The minimum atomic E-state index is 0.578. The Hall–Kier alpha value is -1.07. The van der Waals surface area contributed by atoms with Crippen LogP contribution in [0.1, 0.15) is 18.2 Å². The van der Waals surface area contributed by atoms with Crippen molar-refractivity contribution in [3.8, 4) is 5.88 Å². The normalized spacial score (nSPS) is 11.7. The molecule has 0 aliphatic rings. The van der Waals surface area contributed by atoms with Crippen molar-refractivity contribution < 1.29 is 4.74 Å². The molecule has 2 N–H and O–H groups in total. The van der Waals surface area contributed by atoms with Gasteiger partial charge in [-0.15, -0.1) is 0 Å². The van der Waals surface area contributed by atoms with Crippen molar-refractivity contribution in [3.05, 3.63) is 10.5 Å². The Kier molecular flexibility index (Phi) is 4.76. The van der Waals surface area contributed by atoms with Crippen molar-refractivity contribution in [2.45, 2.75) is 13.3 Å². The number of rotatable bonds is 5. The predicted octanol–water partition coefficient (Wildman–Crippen LogP) is 1.97. The van der Waals surface area contributed by atoms with Crippen molar-refractivity contribution in [1.82, 2.24) is 4.98 Å². The lowest BCUT2D eigenvalue weighted by Gasteiger charge is -2.04. The number of ether oxygens (including phenoxy) is 1. The molecule has 0 atom stereocenters. The zero-order valence-corrected chi connectivity index (χ0v) is 11.1. The summed E-state index contributed by atoms with van der Waals surface area (Å²) in [6.45, 7) is 2.67. The van der Waals surface area contributed by atoms with Crippen molar-refractivity contribution >= 4 is 22.5 Å². The maximum Gasteiger partial charge on any atom is 0.233 e. The van der Waals surface area contributed by atoms with Gasteiger partial charge in [0.25, 0.3) is 0 Å². The highest BCUT2D eigenvalue weighted by Gasteiger charge is 2.11. The second kappa shape index (κ2) is 5.86. The molecule has 0 bridgehead atoms. The number of anilines is 1. The molecule has 0 saturated carbocycles. The first kappa shape index (κ1) is 13.0. The summed E-state index contributed by atoms with van der Waals surface area (Å²) in [6.07, 6.45) is 3.03. The largest absolute Gasteiger partial charge is 0.480 e. The van der Waals surface area contributed by atoms with Gasteiger partial charge >= 0.3 is 0 Å². The number of aromatic nitrogens is 1. The van der Waals surface area contributed by atoms with Crippen LogP contribution in [0.3, 0.4) is 0 Å². The van der Waals surface area contributed by atoms with Gasteiger partial charge in [0.05, 0.1) is 12.0 Å². The summed E-state index contributed by atoms with van der Waals surface area (Å²) in [5, 5.41) is 0.940. The Morgan fingerprint density at radius 2 is 2.25 bits per heavy atom. The minimum absolute atomic E-state index is 0.578. The fraction of sp³-hybridized carbons (Fsp3) is 0.545. The molecular formula is C11H19N3OS. The molecule has 0 saturated heterocycles. The van der Waals surface area contributed by atoms with Crippen LogP contribution in [0.25, 0.3) is 6.08 Å². The van der Waals surface area contributed by atoms with Gasteiger partial charge in [-0.25, -0.2) is 0 Å². The van der Waals surface area contributed by atoms with Gasteiger partial charge in [0.2, 0.25) is 5.88 Å². The molecule has 1 aromatic heterocycles. The number of methoxy groups -OCH3 is 1. The van der Waals surface area contributed by atoms with Gasteiger partial charge in [-0.1, -0.05) is 23.8 Å². The molecule has 1 heterocycles. The fourth-order valence-corrected chi connectivity index (χ4v) is 2.18. The maximum absolute atomic E-state index is 5.65. The lowest BCUT2D eigenvalue weighted by molar-refractivity contribution is 0.400. The molecule has 0 aliphatic carbocycles. The van der Waals surface area contributed by atoms with E-state index in [1.807, 2.05) is 19.0 Å². The minimum Gasteiger partial charge on any atom is -0.480 e. The van der Waals surface area contributed by atoms with Gasteiger partial charge in [0, 0.05) is 20.6 Å². The third kappa shape index (κ3) is 2.96. The first-order chi connectivity index (χ1) is 7.62. The zero-order valence-electron chi connectivity index (χ0n) is 10.3. The third-order valence-electron chi connectivity index (χ3n) is 2.24. The van der Waals surface area contributed by atoms with Gasteiger partial charge in [-0.3, -0.25) is 0 Å². The molecule has 1 rings (SSSR count). The highest BCUT2D eigenvalue weighted by molar-refractivity contribution is 7.16. The lowest BCUT2D eigenvalue weighted by atomic mass is 10.2. The second-order valence-electron chi connectivity index (χ2n) is 3.62. The van der Waals surface area contributed by atoms with E-state index in [1.165, 1.54) is 5.57 Å². The van der Waals surface area contributed by atoms with Gasteiger partial charge in [0.15, 0.2) is 5.13 Å². The molecule has 0 radical (unpaired) electrons. The van der Waals surface area contributed by atoms with Crippen LogP contribution in [0.2, 0.25) is 0 Å². The predicted molar refractivity (Wildman–Crippen MR) is 70.3 cm³/mol. The van der Waals surface area contributed by atoms with Crippen LogP contribution >= 0.6 is 11.3 Å². The first-order valence-electron chi connectivity index (χ1n) is 5.24. The van der Waals surface area contributed by atoms with Crippen LogP contribution in [0.5, 0.6) is 5.88 Å². The number of nitrogens with zero attached hydrogens (tertiary/aromatic N) is 2.